The molecule has 2 aromatic rings. The Balaban J connectivity index is 2.12. The maximum atomic E-state index is 7.10. The Hall–Kier alpha value is -2.07. The number of quaternary nitrogens is 1. The van der Waals surface area contributed by atoms with Gasteiger partial charge < -0.3 is 4.74 Å². The van der Waals surface area contributed by atoms with Crippen molar-refractivity contribution in [3.63, 3.8) is 0 Å². The van der Waals surface area contributed by atoms with Crippen LogP contribution in [0.5, 0.6) is 0 Å². The van der Waals surface area contributed by atoms with Crippen LogP contribution in [0.1, 0.15) is 86.5 Å². The molecule has 162 valence electrons. The molecular formula is C26H39N3O+2. The monoisotopic (exact) mass is 409 g/mol. The van der Waals surface area contributed by atoms with Crippen molar-refractivity contribution in [1.29, 1.82) is 0 Å². The molecule has 0 saturated heterocycles. The molecule has 1 aromatic carbocycles. The second-order valence-corrected chi connectivity index (χ2v) is 11.6. The van der Waals surface area contributed by atoms with Gasteiger partial charge in [-0.15, -0.1) is 4.57 Å². The average molecular weight is 410 g/mol. The molecule has 2 atom stereocenters. The lowest BCUT2D eigenvalue weighted by atomic mass is 9.92. The second-order valence-electron chi connectivity index (χ2n) is 11.6. The van der Waals surface area contributed by atoms with Crippen LogP contribution < -0.4 is 9.47 Å². The van der Waals surface area contributed by atoms with Gasteiger partial charge in [-0.2, -0.15) is 0 Å². The van der Waals surface area contributed by atoms with Gasteiger partial charge in [0.25, 0.3) is 5.82 Å². The Morgan fingerprint density at radius 1 is 0.967 bits per heavy atom. The number of nitrogens with one attached hydrogen (secondary N) is 1. The third kappa shape index (κ3) is 2.80. The molecule has 1 N–H and O–H groups in total. The number of aromatic nitrogens is 2. The highest BCUT2D eigenvalue weighted by Crippen LogP contribution is 2.48. The average Bonchev–Trinajstić information content (AvgIpc) is 3.27. The van der Waals surface area contributed by atoms with E-state index in [0.717, 1.165) is 5.76 Å². The first kappa shape index (κ1) is 21.2. The van der Waals surface area contributed by atoms with E-state index >= 15 is 0 Å². The summed E-state index contributed by atoms with van der Waals surface area (Å²) in [6.07, 6.45) is 4.69. The highest BCUT2D eigenvalue weighted by atomic mass is 16.6. The molecule has 3 heterocycles. The number of hydrogen-bond acceptors (Lipinski definition) is 1. The van der Waals surface area contributed by atoms with Crippen molar-refractivity contribution in [2.75, 3.05) is 0 Å². The number of allylic oxidation sites excluding steroid dienone is 1. The Morgan fingerprint density at radius 2 is 1.60 bits per heavy atom. The molecule has 0 fully saturated rings. The van der Waals surface area contributed by atoms with Crippen LogP contribution in [0, 0.1) is 5.41 Å². The lowest BCUT2D eigenvalue weighted by Gasteiger charge is -2.33. The minimum absolute atomic E-state index is 0.0140. The summed E-state index contributed by atoms with van der Waals surface area (Å²) in [5.41, 5.74) is 3.79. The maximum Gasteiger partial charge on any atom is 0.429 e. The Morgan fingerprint density at radius 3 is 2.13 bits per heavy atom. The number of benzene rings is 1. The topological polar surface area (TPSA) is 22.5 Å². The van der Waals surface area contributed by atoms with Gasteiger partial charge in [0.1, 0.15) is 18.0 Å². The Labute approximate surface area is 182 Å². The molecule has 0 saturated carbocycles. The first-order chi connectivity index (χ1) is 13.8. The third-order valence-corrected chi connectivity index (χ3v) is 6.43. The summed E-state index contributed by atoms with van der Waals surface area (Å²) in [6.45, 7) is 22.8. The molecule has 30 heavy (non-hydrogen) atoms. The van der Waals surface area contributed by atoms with Crippen molar-refractivity contribution >= 4 is 0 Å². The number of imidazole rings is 1. The van der Waals surface area contributed by atoms with Crippen molar-refractivity contribution in [2.24, 2.45) is 5.41 Å². The fourth-order valence-electron chi connectivity index (χ4n) is 4.87. The highest BCUT2D eigenvalue weighted by molar-refractivity contribution is 5.66. The van der Waals surface area contributed by atoms with Crippen LogP contribution >= 0.6 is 0 Å². The van der Waals surface area contributed by atoms with Crippen LogP contribution in [0.4, 0.5) is 0 Å². The van der Waals surface area contributed by atoms with E-state index in [1.807, 2.05) is 0 Å². The largest absolute Gasteiger partial charge is 0.429 e. The van der Waals surface area contributed by atoms with Crippen LogP contribution in [0.2, 0.25) is 0 Å². The molecule has 2 aliphatic heterocycles. The second kappa shape index (κ2) is 6.46. The van der Waals surface area contributed by atoms with E-state index in [-0.39, 0.29) is 10.8 Å². The molecular weight excluding hydrogens is 370 g/mol. The molecule has 2 aliphatic rings. The van der Waals surface area contributed by atoms with Crippen molar-refractivity contribution in [1.82, 2.24) is 4.57 Å². The normalized spacial score (nSPS) is 23.2. The first-order valence-electron chi connectivity index (χ1n) is 11.4. The molecule has 1 spiro atoms. The van der Waals surface area contributed by atoms with Crippen molar-refractivity contribution in [3.8, 4) is 11.4 Å². The van der Waals surface area contributed by atoms with Crippen LogP contribution in [-0.2, 0) is 16.0 Å². The van der Waals surface area contributed by atoms with Crippen LogP contribution in [0.3, 0.4) is 0 Å². The van der Waals surface area contributed by atoms with Gasteiger partial charge in [0, 0.05) is 10.8 Å². The van der Waals surface area contributed by atoms with E-state index in [9.17, 15) is 0 Å². The van der Waals surface area contributed by atoms with Gasteiger partial charge in [-0.05, 0) is 39.8 Å². The summed E-state index contributed by atoms with van der Waals surface area (Å²) in [6, 6.07) is 9.56. The lowest BCUT2D eigenvalue weighted by molar-refractivity contribution is -0.953. The standard InChI is InChI=1S/C26H38N3O/c1-17(2)27-15-21(24(5,6)7)29-23(27)19-13-11-12-14-20(19)26(29)28(18(3)4)16-22(30-26)25(8,9)10/h11-18H,1-10H3/q+1/p+1/t26-/m1/s1. The van der Waals surface area contributed by atoms with Gasteiger partial charge in [-0.3, -0.25) is 0 Å². The van der Waals surface area contributed by atoms with Crippen LogP contribution in [0.15, 0.2) is 42.4 Å². The van der Waals surface area contributed by atoms with Crippen molar-refractivity contribution < 1.29 is 14.2 Å². The van der Waals surface area contributed by atoms with Gasteiger partial charge in [0.05, 0.1) is 17.6 Å². The summed E-state index contributed by atoms with van der Waals surface area (Å²) in [4.78, 5) is 1.34. The van der Waals surface area contributed by atoms with Gasteiger partial charge in [-0.1, -0.05) is 53.7 Å². The molecule has 0 radical (unpaired) electrons. The number of hydrogen-bond donors (Lipinski definition) is 1. The summed E-state index contributed by atoms with van der Waals surface area (Å²) in [5.74, 6) is 1.72. The number of fused-ring (bicyclic) bond motifs is 5. The van der Waals surface area contributed by atoms with Gasteiger partial charge in [-0.25, -0.2) is 9.47 Å². The first-order valence-corrected chi connectivity index (χ1v) is 11.4. The molecule has 0 amide bonds. The zero-order valence-corrected chi connectivity index (χ0v) is 20.4. The minimum Gasteiger partial charge on any atom is -0.399 e. The van der Waals surface area contributed by atoms with Crippen molar-refractivity contribution in [2.45, 2.75) is 92.6 Å². The van der Waals surface area contributed by atoms with Crippen LogP contribution in [0.25, 0.3) is 11.4 Å². The zero-order chi connectivity index (χ0) is 22.2. The molecule has 4 heteroatoms. The smallest absolute Gasteiger partial charge is 0.399 e. The van der Waals surface area contributed by atoms with E-state index < -0.39 is 5.85 Å². The summed E-state index contributed by atoms with van der Waals surface area (Å²) in [5, 5.41) is 0. The van der Waals surface area contributed by atoms with Gasteiger partial charge in [0.15, 0.2) is 11.5 Å². The van der Waals surface area contributed by atoms with E-state index in [1.165, 1.54) is 27.5 Å². The minimum atomic E-state index is -0.606. The highest BCUT2D eigenvalue weighted by Gasteiger charge is 2.67. The fourth-order valence-corrected chi connectivity index (χ4v) is 4.87. The Bertz CT molecular complexity index is 1010. The van der Waals surface area contributed by atoms with Gasteiger partial charge >= 0.3 is 5.85 Å². The SMILES string of the molecule is CC(C)[n+]1cc(C(C)(C)C)n2c1-c1ccccc1[C@]21OC(C(C)(C)C)=C[NH+]1C(C)C. The summed E-state index contributed by atoms with van der Waals surface area (Å²) < 4.78 is 12.1. The Kier molecular flexibility index (Phi) is 4.56. The predicted molar refractivity (Wildman–Crippen MR) is 121 cm³/mol. The fraction of sp³-hybridized carbons (Fsp3) is 0.577. The zero-order valence-electron chi connectivity index (χ0n) is 20.4. The third-order valence-electron chi connectivity index (χ3n) is 6.43. The molecule has 0 bridgehead atoms. The van der Waals surface area contributed by atoms with Crippen molar-refractivity contribution in [3.05, 3.63) is 53.7 Å². The van der Waals surface area contributed by atoms with Crippen LogP contribution in [-0.4, -0.2) is 10.6 Å². The van der Waals surface area contributed by atoms with E-state index in [0.29, 0.717) is 12.1 Å². The molecule has 1 unspecified atom stereocenters. The van der Waals surface area contributed by atoms with E-state index in [4.69, 9.17) is 4.74 Å². The summed E-state index contributed by atoms with van der Waals surface area (Å²) >= 11 is 0. The number of ether oxygens (including phenoxy) is 1. The lowest BCUT2D eigenvalue weighted by Crippen LogP contribution is -3.17. The number of nitrogens with zero attached hydrogens (tertiary/aromatic N) is 2. The van der Waals surface area contributed by atoms with E-state index in [1.54, 1.807) is 0 Å². The maximum absolute atomic E-state index is 7.10. The summed E-state index contributed by atoms with van der Waals surface area (Å²) in [7, 11) is 0. The van der Waals surface area contributed by atoms with E-state index in [2.05, 4.69) is 115 Å². The number of rotatable bonds is 2. The molecule has 4 rings (SSSR count). The quantitative estimate of drug-likeness (QED) is 0.725. The molecule has 0 aliphatic carbocycles. The molecule has 1 aromatic heterocycles. The van der Waals surface area contributed by atoms with Gasteiger partial charge in [0.2, 0.25) is 0 Å². The predicted octanol–water partition coefficient (Wildman–Crippen LogP) is 4.50. The molecule has 4 nitrogen and oxygen atoms in total.